The standard InChI is InChI=1S/C11H10Cl2N2O/c12-8-1-2-10(13)11(5-8)15-3-4-16-7-9(15)6-14/h1-2,5,9H,3-4,7H2. The molecule has 16 heavy (non-hydrogen) atoms. The quantitative estimate of drug-likeness (QED) is 0.776. The van der Waals surface area contributed by atoms with Gasteiger partial charge in [-0.2, -0.15) is 5.26 Å². The van der Waals surface area contributed by atoms with Gasteiger partial charge in [0.25, 0.3) is 0 Å². The van der Waals surface area contributed by atoms with Gasteiger partial charge >= 0.3 is 0 Å². The van der Waals surface area contributed by atoms with Crippen molar-refractivity contribution in [1.29, 1.82) is 5.26 Å². The van der Waals surface area contributed by atoms with E-state index >= 15 is 0 Å². The highest BCUT2D eigenvalue weighted by molar-refractivity contribution is 6.35. The number of hydrogen-bond donors (Lipinski definition) is 0. The molecule has 0 amide bonds. The zero-order valence-corrected chi connectivity index (χ0v) is 10.0. The van der Waals surface area contributed by atoms with E-state index in [2.05, 4.69) is 6.07 Å². The van der Waals surface area contributed by atoms with Crippen molar-refractivity contribution < 1.29 is 4.74 Å². The zero-order valence-electron chi connectivity index (χ0n) is 8.49. The van der Waals surface area contributed by atoms with Gasteiger partial charge in [-0.3, -0.25) is 0 Å². The lowest BCUT2D eigenvalue weighted by molar-refractivity contribution is 0.107. The first kappa shape index (κ1) is 11.5. The van der Waals surface area contributed by atoms with Crippen molar-refractivity contribution >= 4 is 28.9 Å². The van der Waals surface area contributed by atoms with E-state index in [0.717, 1.165) is 5.69 Å². The Morgan fingerprint density at radius 2 is 2.25 bits per heavy atom. The van der Waals surface area contributed by atoms with Gasteiger partial charge < -0.3 is 9.64 Å². The lowest BCUT2D eigenvalue weighted by Gasteiger charge is -2.33. The van der Waals surface area contributed by atoms with Crippen molar-refractivity contribution in [2.75, 3.05) is 24.7 Å². The van der Waals surface area contributed by atoms with Crippen molar-refractivity contribution in [1.82, 2.24) is 0 Å². The number of ether oxygens (including phenoxy) is 1. The average molecular weight is 257 g/mol. The molecular weight excluding hydrogens is 247 g/mol. The summed E-state index contributed by atoms with van der Waals surface area (Å²) in [5.74, 6) is 0. The van der Waals surface area contributed by atoms with Crippen LogP contribution in [0.25, 0.3) is 0 Å². The molecular formula is C11H10Cl2N2O. The molecule has 1 fully saturated rings. The summed E-state index contributed by atoms with van der Waals surface area (Å²) in [5.41, 5.74) is 0.795. The molecule has 0 aliphatic carbocycles. The number of benzene rings is 1. The molecule has 3 nitrogen and oxygen atoms in total. The Morgan fingerprint density at radius 3 is 3.00 bits per heavy atom. The van der Waals surface area contributed by atoms with Crippen LogP contribution in [0.15, 0.2) is 18.2 Å². The Labute approximate surface area is 104 Å². The summed E-state index contributed by atoms with van der Waals surface area (Å²) < 4.78 is 5.25. The second-order valence-corrected chi connectivity index (χ2v) is 4.35. The smallest absolute Gasteiger partial charge is 0.140 e. The Morgan fingerprint density at radius 1 is 1.44 bits per heavy atom. The van der Waals surface area contributed by atoms with Gasteiger partial charge in [-0.25, -0.2) is 0 Å². The predicted octanol–water partition coefficient (Wildman–Crippen LogP) is 2.72. The molecule has 0 N–H and O–H groups in total. The van der Waals surface area contributed by atoms with Gasteiger partial charge in [0.15, 0.2) is 0 Å². The molecule has 0 radical (unpaired) electrons. The maximum Gasteiger partial charge on any atom is 0.140 e. The molecule has 1 atom stereocenters. The van der Waals surface area contributed by atoms with E-state index in [1.165, 1.54) is 0 Å². The van der Waals surface area contributed by atoms with E-state index in [-0.39, 0.29) is 6.04 Å². The molecule has 1 aromatic carbocycles. The monoisotopic (exact) mass is 256 g/mol. The summed E-state index contributed by atoms with van der Waals surface area (Å²) >= 11 is 12.0. The summed E-state index contributed by atoms with van der Waals surface area (Å²) in [6.45, 7) is 1.65. The van der Waals surface area contributed by atoms with Crippen molar-refractivity contribution in [3.8, 4) is 6.07 Å². The highest BCUT2D eigenvalue weighted by Crippen LogP contribution is 2.31. The van der Waals surface area contributed by atoms with Crippen LogP contribution in [0.3, 0.4) is 0 Å². The van der Waals surface area contributed by atoms with Crippen LogP contribution in [0, 0.1) is 11.3 Å². The molecule has 0 bridgehead atoms. The molecule has 84 valence electrons. The minimum atomic E-state index is -0.301. The number of nitriles is 1. The number of anilines is 1. The van der Waals surface area contributed by atoms with E-state index in [0.29, 0.717) is 29.8 Å². The minimum absolute atomic E-state index is 0.301. The highest BCUT2D eigenvalue weighted by Gasteiger charge is 2.24. The Hall–Kier alpha value is -0.950. The fraction of sp³-hybridized carbons (Fsp3) is 0.364. The first-order valence-electron chi connectivity index (χ1n) is 4.91. The molecule has 0 aromatic heterocycles. The Balaban J connectivity index is 2.34. The topological polar surface area (TPSA) is 36.3 Å². The van der Waals surface area contributed by atoms with Gasteiger partial charge in [0.05, 0.1) is 30.0 Å². The van der Waals surface area contributed by atoms with Crippen LogP contribution in [0.2, 0.25) is 10.0 Å². The molecule has 0 spiro atoms. The summed E-state index contributed by atoms with van der Waals surface area (Å²) in [6.07, 6.45) is 0. The third-order valence-corrected chi connectivity index (χ3v) is 3.05. The number of morpholine rings is 1. The molecule has 5 heteroatoms. The van der Waals surface area contributed by atoms with E-state index < -0.39 is 0 Å². The SMILES string of the molecule is N#CC1COCCN1c1cc(Cl)ccc1Cl. The fourth-order valence-corrected chi connectivity index (χ4v) is 2.10. The second kappa shape index (κ2) is 4.92. The predicted molar refractivity (Wildman–Crippen MR) is 64.0 cm³/mol. The Bertz CT molecular complexity index is 430. The van der Waals surface area contributed by atoms with Crippen molar-refractivity contribution in [2.45, 2.75) is 6.04 Å². The van der Waals surface area contributed by atoms with Crippen LogP contribution >= 0.6 is 23.2 Å². The lowest BCUT2D eigenvalue weighted by atomic mass is 10.2. The summed E-state index contributed by atoms with van der Waals surface area (Å²) in [7, 11) is 0. The minimum Gasteiger partial charge on any atom is -0.376 e. The first-order valence-corrected chi connectivity index (χ1v) is 5.67. The largest absolute Gasteiger partial charge is 0.376 e. The van der Waals surface area contributed by atoms with Crippen LogP contribution in [-0.4, -0.2) is 25.8 Å². The Kier molecular flexibility index (Phi) is 3.55. The van der Waals surface area contributed by atoms with Crippen LogP contribution < -0.4 is 4.90 Å². The molecule has 1 aliphatic heterocycles. The van der Waals surface area contributed by atoms with Crippen LogP contribution in [0.4, 0.5) is 5.69 Å². The average Bonchev–Trinajstić information content (AvgIpc) is 2.32. The van der Waals surface area contributed by atoms with E-state index in [1.54, 1.807) is 18.2 Å². The zero-order chi connectivity index (χ0) is 11.5. The maximum atomic E-state index is 9.04. The molecule has 1 aliphatic rings. The van der Waals surface area contributed by atoms with Gasteiger partial charge in [0.1, 0.15) is 6.04 Å². The third-order valence-electron chi connectivity index (χ3n) is 2.50. The second-order valence-electron chi connectivity index (χ2n) is 3.51. The number of nitrogens with zero attached hydrogens (tertiary/aromatic N) is 2. The molecule has 0 saturated carbocycles. The molecule has 1 saturated heterocycles. The lowest BCUT2D eigenvalue weighted by Crippen LogP contribution is -2.44. The van der Waals surface area contributed by atoms with Crippen molar-refractivity contribution in [2.24, 2.45) is 0 Å². The number of rotatable bonds is 1. The summed E-state index contributed by atoms with van der Waals surface area (Å²) in [5, 5.41) is 10.3. The van der Waals surface area contributed by atoms with Gasteiger partial charge in [0, 0.05) is 11.6 Å². The van der Waals surface area contributed by atoms with Gasteiger partial charge in [-0.05, 0) is 18.2 Å². The van der Waals surface area contributed by atoms with Gasteiger partial charge in [0.2, 0.25) is 0 Å². The maximum absolute atomic E-state index is 9.04. The third kappa shape index (κ3) is 2.25. The molecule has 1 aromatic rings. The van der Waals surface area contributed by atoms with Crippen LogP contribution in [-0.2, 0) is 4.74 Å². The van der Waals surface area contributed by atoms with Crippen molar-refractivity contribution in [3.05, 3.63) is 28.2 Å². The van der Waals surface area contributed by atoms with E-state index in [4.69, 9.17) is 33.2 Å². The molecule has 2 rings (SSSR count). The summed E-state index contributed by atoms with van der Waals surface area (Å²) in [4.78, 5) is 1.93. The van der Waals surface area contributed by atoms with Gasteiger partial charge in [-0.1, -0.05) is 23.2 Å². The van der Waals surface area contributed by atoms with Crippen LogP contribution in [0.5, 0.6) is 0 Å². The number of hydrogen-bond acceptors (Lipinski definition) is 3. The van der Waals surface area contributed by atoms with E-state index in [1.807, 2.05) is 4.90 Å². The van der Waals surface area contributed by atoms with E-state index in [9.17, 15) is 0 Å². The van der Waals surface area contributed by atoms with Crippen LogP contribution in [0.1, 0.15) is 0 Å². The van der Waals surface area contributed by atoms with Crippen molar-refractivity contribution in [3.63, 3.8) is 0 Å². The highest BCUT2D eigenvalue weighted by atomic mass is 35.5. The molecule has 1 heterocycles. The fourth-order valence-electron chi connectivity index (χ4n) is 1.70. The first-order chi connectivity index (χ1) is 7.72. The number of halogens is 2. The normalized spacial score (nSPS) is 20.6. The summed E-state index contributed by atoms with van der Waals surface area (Å²) in [6, 6.07) is 7.15. The molecule has 1 unspecified atom stereocenters. The van der Waals surface area contributed by atoms with Gasteiger partial charge in [-0.15, -0.1) is 0 Å².